The Balaban J connectivity index is 1.07. The van der Waals surface area contributed by atoms with Crippen molar-refractivity contribution in [3.8, 4) is 16.8 Å². The second-order valence-corrected chi connectivity index (χ2v) is 17.4. The SMILES string of the molecule is C1=CC(C2N=C(c3cccc4c(-n5c6ccccc6c6cc7c(cc65)C5(c6ccccc6Sc6ccccc65)c5ccccc5-7)cccc34)N=C(c3ccccc3)N2)=CCC1. The number of allylic oxidation sites excluding steroid dienone is 2. The Labute approximate surface area is 358 Å². The van der Waals surface area contributed by atoms with E-state index < -0.39 is 5.41 Å². The lowest BCUT2D eigenvalue weighted by molar-refractivity contribution is 0.721. The molecule has 0 radical (unpaired) electrons. The van der Waals surface area contributed by atoms with Gasteiger partial charge in [-0.1, -0.05) is 170 Å². The summed E-state index contributed by atoms with van der Waals surface area (Å²) in [7, 11) is 0. The molecule has 1 spiro atoms. The third-order valence-electron chi connectivity index (χ3n) is 13.1. The first-order valence-electron chi connectivity index (χ1n) is 21.2. The van der Waals surface area contributed by atoms with Crippen LogP contribution in [-0.4, -0.2) is 22.4 Å². The molecule has 0 fully saturated rings. The second-order valence-electron chi connectivity index (χ2n) is 16.3. The molecule has 4 nitrogen and oxygen atoms in total. The van der Waals surface area contributed by atoms with Gasteiger partial charge in [-0.2, -0.15) is 0 Å². The summed E-state index contributed by atoms with van der Waals surface area (Å²) in [6.07, 6.45) is 8.59. The van der Waals surface area contributed by atoms with Gasteiger partial charge in [0, 0.05) is 37.1 Å². The van der Waals surface area contributed by atoms with E-state index in [2.05, 4.69) is 198 Å². The Kier molecular flexibility index (Phi) is 7.61. The number of rotatable bonds is 4. The molecule has 8 aromatic carbocycles. The van der Waals surface area contributed by atoms with Crippen LogP contribution in [0.4, 0.5) is 0 Å². The number of nitrogens with one attached hydrogen (secondary N) is 1. The van der Waals surface area contributed by atoms with E-state index in [1.54, 1.807) is 0 Å². The van der Waals surface area contributed by atoms with Crippen LogP contribution in [0.2, 0.25) is 0 Å². The van der Waals surface area contributed by atoms with Crippen molar-refractivity contribution in [1.82, 2.24) is 9.88 Å². The first-order chi connectivity index (χ1) is 30.3. The van der Waals surface area contributed by atoms with Gasteiger partial charge in [0.15, 0.2) is 5.84 Å². The van der Waals surface area contributed by atoms with Crippen LogP contribution in [0, 0.1) is 0 Å². The van der Waals surface area contributed by atoms with Crippen LogP contribution in [0.25, 0.3) is 49.4 Å². The van der Waals surface area contributed by atoms with Gasteiger partial charge in [0.1, 0.15) is 12.0 Å². The van der Waals surface area contributed by atoms with E-state index in [0.717, 1.165) is 52.1 Å². The summed E-state index contributed by atoms with van der Waals surface area (Å²) in [4.78, 5) is 13.2. The number of hydrogen-bond donors (Lipinski definition) is 1. The minimum absolute atomic E-state index is 0.234. The molecule has 2 aliphatic carbocycles. The standard InChI is InChI=1S/C56H38N4S/c1-3-17-35(18-4-1)53-57-54(36-19-5-2-6-20-36)59-55(58-53)41-25-15-24-39-37(41)23-16-30-49(39)60-48-29-12-8-22-40(48)43-33-42-38-21-7-9-26-44(38)56(47(42)34-50(43)60)45-27-10-13-31-51(45)61-52-32-14-11-28-46(52)56/h1,3-5,7-34,54H,2,6H2,(H,57,58,59). The van der Waals surface area contributed by atoms with Crippen molar-refractivity contribution in [2.75, 3.05) is 0 Å². The molecule has 288 valence electrons. The lowest BCUT2D eigenvalue weighted by atomic mass is 9.67. The van der Waals surface area contributed by atoms with Gasteiger partial charge in [0.05, 0.1) is 22.1 Å². The molecule has 5 heteroatoms. The zero-order valence-electron chi connectivity index (χ0n) is 33.2. The molecule has 1 aromatic heterocycles. The largest absolute Gasteiger partial charge is 0.344 e. The first kappa shape index (κ1) is 34.6. The summed E-state index contributed by atoms with van der Waals surface area (Å²) in [5, 5.41) is 8.42. The van der Waals surface area contributed by atoms with E-state index >= 15 is 0 Å². The van der Waals surface area contributed by atoms with Crippen LogP contribution in [0.15, 0.2) is 220 Å². The normalized spacial score (nSPS) is 17.0. The molecule has 61 heavy (non-hydrogen) atoms. The molecule has 3 heterocycles. The molecule has 0 amide bonds. The third-order valence-corrected chi connectivity index (χ3v) is 14.3. The van der Waals surface area contributed by atoms with Crippen LogP contribution < -0.4 is 5.32 Å². The summed E-state index contributed by atoms with van der Waals surface area (Å²) in [5.41, 5.74) is 14.2. The van der Waals surface area contributed by atoms with Crippen molar-refractivity contribution in [1.29, 1.82) is 0 Å². The highest BCUT2D eigenvalue weighted by Crippen LogP contribution is 2.62. The topological polar surface area (TPSA) is 41.7 Å². The minimum Gasteiger partial charge on any atom is -0.344 e. The molecule has 1 N–H and O–H groups in total. The average molecular weight is 799 g/mol. The number of amidine groups is 2. The molecule has 0 saturated carbocycles. The van der Waals surface area contributed by atoms with Gasteiger partial charge in [-0.25, -0.2) is 9.98 Å². The number of aliphatic imine (C=N–C) groups is 2. The summed E-state index contributed by atoms with van der Waals surface area (Å²) in [5.74, 6) is 1.57. The number of fused-ring (bicyclic) bond motifs is 13. The highest BCUT2D eigenvalue weighted by atomic mass is 32.2. The number of benzene rings is 8. The fourth-order valence-corrected chi connectivity index (χ4v) is 11.8. The Hall–Kier alpha value is -7.21. The summed E-state index contributed by atoms with van der Waals surface area (Å²) < 4.78 is 2.51. The number of nitrogens with zero attached hydrogens (tertiary/aromatic N) is 3. The molecule has 0 bridgehead atoms. The minimum atomic E-state index is -0.465. The van der Waals surface area contributed by atoms with Crippen LogP contribution in [-0.2, 0) is 5.41 Å². The smallest absolute Gasteiger partial charge is 0.160 e. The van der Waals surface area contributed by atoms with Gasteiger partial charge in [0.2, 0.25) is 0 Å². The highest BCUT2D eigenvalue weighted by Gasteiger charge is 2.50. The van der Waals surface area contributed by atoms with Crippen molar-refractivity contribution in [3.63, 3.8) is 0 Å². The van der Waals surface area contributed by atoms with E-state index in [1.807, 2.05) is 17.8 Å². The number of para-hydroxylation sites is 1. The van der Waals surface area contributed by atoms with Crippen molar-refractivity contribution < 1.29 is 0 Å². The fourth-order valence-electron chi connectivity index (χ4n) is 10.6. The predicted octanol–water partition coefficient (Wildman–Crippen LogP) is 13.2. The Morgan fingerprint density at radius 3 is 2.05 bits per heavy atom. The molecular formula is C56H38N4S. The highest BCUT2D eigenvalue weighted by molar-refractivity contribution is 7.99. The average Bonchev–Trinajstić information content (AvgIpc) is 3.80. The maximum absolute atomic E-state index is 5.33. The maximum Gasteiger partial charge on any atom is 0.160 e. The van der Waals surface area contributed by atoms with Gasteiger partial charge < -0.3 is 9.88 Å². The van der Waals surface area contributed by atoms with Gasteiger partial charge in [0.25, 0.3) is 0 Å². The maximum atomic E-state index is 5.33. The van der Waals surface area contributed by atoms with Crippen LogP contribution in [0.1, 0.15) is 46.2 Å². The van der Waals surface area contributed by atoms with E-state index in [9.17, 15) is 0 Å². The van der Waals surface area contributed by atoms with E-state index in [4.69, 9.17) is 9.98 Å². The molecule has 1 atom stereocenters. The van der Waals surface area contributed by atoms with E-state index in [0.29, 0.717) is 0 Å². The Bertz CT molecular complexity index is 3390. The van der Waals surface area contributed by atoms with Gasteiger partial charge in [-0.05, 0) is 93.6 Å². The molecule has 1 unspecified atom stereocenters. The lowest BCUT2D eigenvalue weighted by Gasteiger charge is -2.39. The number of aromatic nitrogens is 1. The first-order valence-corrected chi connectivity index (χ1v) is 22.0. The van der Waals surface area contributed by atoms with Crippen molar-refractivity contribution >= 4 is 56.0 Å². The molecule has 2 aliphatic heterocycles. The summed E-state index contributed by atoms with van der Waals surface area (Å²) >= 11 is 1.89. The quantitative estimate of drug-likeness (QED) is 0.193. The van der Waals surface area contributed by atoms with E-state index in [-0.39, 0.29) is 6.17 Å². The van der Waals surface area contributed by atoms with Gasteiger partial charge >= 0.3 is 0 Å². The van der Waals surface area contributed by atoms with E-state index in [1.165, 1.54) is 70.6 Å². The predicted molar refractivity (Wildman–Crippen MR) is 253 cm³/mol. The Morgan fingerprint density at radius 1 is 0.541 bits per heavy atom. The second kappa shape index (κ2) is 13.4. The third kappa shape index (κ3) is 5.01. The molecular weight excluding hydrogens is 761 g/mol. The zero-order valence-corrected chi connectivity index (χ0v) is 34.0. The van der Waals surface area contributed by atoms with Crippen molar-refractivity contribution in [2.45, 2.75) is 34.2 Å². The van der Waals surface area contributed by atoms with Crippen molar-refractivity contribution in [2.24, 2.45) is 9.98 Å². The molecule has 4 aliphatic rings. The molecule has 13 rings (SSSR count). The van der Waals surface area contributed by atoms with Crippen molar-refractivity contribution in [3.05, 3.63) is 233 Å². The van der Waals surface area contributed by atoms with Gasteiger partial charge in [-0.15, -0.1) is 0 Å². The van der Waals surface area contributed by atoms with Crippen LogP contribution in [0.3, 0.4) is 0 Å². The lowest BCUT2D eigenvalue weighted by Crippen LogP contribution is -2.40. The molecule has 9 aromatic rings. The van der Waals surface area contributed by atoms with Crippen LogP contribution >= 0.6 is 11.8 Å². The van der Waals surface area contributed by atoms with Gasteiger partial charge in [-0.3, -0.25) is 0 Å². The summed E-state index contributed by atoms with van der Waals surface area (Å²) in [6, 6.07) is 64.8. The monoisotopic (exact) mass is 798 g/mol. The zero-order chi connectivity index (χ0) is 40.1. The van der Waals surface area contributed by atoms with Crippen LogP contribution in [0.5, 0.6) is 0 Å². The molecule has 0 saturated heterocycles. The fraction of sp³-hybridized carbons (Fsp3) is 0.0714. The summed E-state index contributed by atoms with van der Waals surface area (Å²) in [6.45, 7) is 0. The Morgan fingerprint density at radius 2 is 1.23 bits per heavy atom. The number of hydrogen-bond acceptors (Lipinski definition) is 4.